The summed E-state index contributed by atoms with van der Waals surface area (Å²) in [5.41, 5.74) is 0.170. The maximum Gasteiger partial charge on any atom is 0.251 e. The van der Waals surface area contributed by atoms with Gasteiger partial charge in [0.2, 0.25) is 0 Å². The van der Waals surface area contributed by atoms with E-state index in [0.29, 0.717) is 17.4 Å². The molecule has 0 aliphatic heterocycles. The van der Waals surface area contributed by atoms with Crippen LogP contribution in [0.4, 0.5) is 4.39 Å². The Bertz CT molecular complexity index is 438. The van der Waals surface area contributed by atoms with Crippen molar-refractivity contribution in [3.05, 3.63) is 35.6 Å². The van der Waals surface area contributed by atoms with Gasteiger partial charge in [-0.3, -0.25) is 4.79 Å². The SMILES string of the molecule is CC1CCC(CCl)(NC(=O)c2ccc(F)cc2)CC1. The number of hydrogen-bond donors (Lipinski definition) is 1. The van der Waals surface area contributed by atoms with Crippen LogP contribution in [0.15, 0.2) is 24.3 Å². The van der Waals surface area contributed by atoms with Crippen LogP contribution in [0.2, 0.25) is 0 Å². The minimum absolute atomic E-state index is 0.171. The predicted octanol–water partition coefficient (Wildman–Crippen LogP) is 3.74. The first-order chi connectivity index (χ1) is 9.04. The van der Waals surface area contributed by atoms with Crippen molar-refractivity contribution in [1.29, 1.82) is 0 Å². The Morgan fingerprint density at radius 1 is 1.37 bits per heavy atom. The average molecular weight is 284 g/mol. The zero-order valence-electron chi connectivity index (χ0n) is 11.1. The van der Waals surface area contributed by atoms with E-state index in [1.807, 2.05) is 0 Å². The van der Waals surface area contributed by atoms with Crippen molar-refractivity contribution in [2.45, 2.75) is 38.1 Å². The third kappa shape index (κ3) is 3.47. The summed E-state index contributed by atoms with van der Waals surface area (Å²) in [7, 11) is 0. The number of benzene rings is 1. The topological polar surface area (TPSA) is 29.1 Å². The lowest BCUT2D eigenvalue weighted by molar-refractivity contribution is 0.0872. The van der Waals surface area contributed by atoms with Gasteiger partial charge < -0.3 is 5.32 Å². The monoisotopic (exact) mass is 283 g/mol. The molecule has 1 aromatic rings. The molecular weight excluding hydrogens is 265 g/mol. The van der Waals surface area contributed by atoms with E-state index >= 15 is 0 Å². The molecule has 0 bridgehead atoms. The van der Waals surface area contributed by atoms with Crippen LogP contribution in [-0.4, -0.2) is 17.3 Å². The predicted molar refractivity (Wildman–Crippen MR) is 74.9 cm³/mol. The van der Waals surface area contributed by atoms with Gasteiger partial charge in [-0.05, 0) is 55.9 Å². The van der Waals surface area contributed by atoms with Gasteiger partial charge in [0.25, 0.3) is 5.91 Å². The molecule has 0 unspecified atom stereocenters. The maximum absolute atomic E-state index is 12.8. The fourth-order valence-corrected chi connectivity index (χ4v) is 2.86. The first-order valence-electron chi connectivity index (χ1n) is 6.69. The summed E-state index contributed by atoms with van der Waals surface area (Å²) in [6, 6.07) is 5.59. The highest BCUT2D eigenvalue weighted by molar-refractivity contribution is 6.19. The summed E-state index contributed by atoms with van der Waals surface area (Å²) in [6.45, 7) is 2.22. The number of amides is 1. The molecule has 0 aromatic heterocycles. The van der Waals surface area contributed by atoms with Crippen molar-refractivity contribution < 1.29 is 9.18 Å². The molecule has 1 aromatic carbocycles. The Kier molecular flexibility index (Phi) is 4.46. The summed E-state index contributed by atoms with van der Waals surface area (Å²) >= 11 is 6.07. The summed E-state index contributed by atoms with van der Waals surface area (Å²) in [4.78, 5) is 12.2. The lowest BCUT2D eigenvalue weighted by Gasteiger charge is -2.38. The summed E-state index contributed by atoms with van der Waals surface area (Å²) < 4.78 is 12.8. The van der Waals surface area contributed by atoms with E-state index in [0.717, 1.165) is 25.7 Å². The second-order valence-corrected chi connectivity index (χ2v) is 5.82. The van der Waals surface area contributed by atoms with Crippen LogP contribution in [0.25, 0.3) is 0 Å². The van der Waals surface area contributed by atoms with Crippen LogP contribution in [0.1, 0.15) is 43.0 Å². The molecule has 0 spiro atoms. The number of carbonyl (C=O) groups is 1. The molecule has 1 aliphatic carbocycles. The highest BCUT2D eigenvalue weighted by Gasteiger charge is 2.34. The first-order valence-corrected chi connectivity index (χ1v) is 7.22. The quantitative estimate of drug-likeness (QED) is 0.841. The normalized spacial score (nSPS) is 27.0. The number of hydrogen-bond acceptors (Lipinski definition) is 1. The Balaban J connectivity index is 2.06. The minimum Gasteiger partial charge on any atom is -0.345 e. The second kappa shape index (κ2) is 5.91. The fraction of sp³-hybridized carbons (Fsp3) is 0.533. The zero-order chi connectivity index (χ0) is 13.9. The molecule has 2 rings (SSSR count). The van der Waals surface area contributed by atoms with Crippen molar-refractivity contribution in [2.24, 2.45) is 5.92 Å². The number of halogens is 2. The minimum atomic E-state index is -0.338. The molecule has 1 N–H and O–H groups in total. The maximum atomic E-state index is 12.8. The van der Waals surface area contributed by atoms with Gasteiger partial charge in [0.05, 0.1) is 5.54 Å². The molecule has 1 amide bonds. The number of alkyl halides is 1. The van der Waals surface area contributed by atoms with E-state index in [-0.39, 0.29) is 17.3 Å². The van der Waals surface area contributed by atoms with Gasteiger partial charge in [0.1, 0.15) is 5.82 Å². The molecule has 0 heterocycles. The van der Waals surface area contributed by atoms with Crippen LogP contribution < -0.4 is 5.32 Å². The van der Waals surface area contributed by atoms with E-state index < -0.39 is 0 Å². The van der Waals surface area contributed by atoms with Crippen LogP contribution >= 0.6 is 11.6 Å². The first kappa shape index (κ1) is 14.3. The Hall–Kier alpha value is -1.09. The van der Waals surface area contributed by atoms with E-state index in [9.17, 15) is 9.18 Å². The lowest BCUT2D eigenvalue weighted by Crippen LogP contribution is -2.52. The van der Waals surface area contributed by atoms with Gasteiger partial charge in [0, 0.05) is 11.4 Å². The van der Waals surface area contributed by atoms with Gasteiger partial charge in [-0.2, -0.15) is 0 Å². The molecule has 0 saturated heterocycles. The number of carbonyl (C=O) groups excluding carboxylic acids is 1. The standard InChI is InChI=1S/C15H19ClFNO/c1-11-6-8-15(10-16,9-7-11)18-14(19)12-2-4-13(17)5-3-12/h2-5,11H,6-10H2,1H3,(H,18,19). The van der Waals surface area contributed by atoms with E-state index in [2.05, 4.69) is 12.2 Å². The molecule has 1 aliphatic rings. The largest absolute Gasteiger partial charge is 0.345 e. The third-order valence-corrected chi connectivity index (χ3v) is 4.48. The van der Waals surface area contributed by atoms with Crippen LogP contribution in [0.3, 0.4) is 0 Å². The number of rotatable bonds is 3. The van der Waals surface area contributed by atoms with Crippen molar-refractivity contribution in [3.63, 3.8) is 0 Å². The van der Waals surface area contributed by atoms with E-state index in [1.54, 1.807) is 0 Å². The van der Waals surface area contributed by atoms with E-state index in [4.69, 9.17) is 11.6 Å². The van der Waals surface area contributed by atoms with Gasteiger partial charge in [-0.1, -0.05) is 6.92 Å². The summed E-state index contributed by atoms with van der Waals surface area (Å²) in [5, 5.41) is 3.05. The summed E-state index contributed by atoms with van der Waals surface area (Å²) in [6.07, 6.45) is 3.97. The Morgan fingerprint density at radius 3 is 2.47 bits per heavy atom. The van der Waals surface area contributed by atoms with Crippen LogP contribution in [0, 0.1) is 11.7 Å². The molecular formula is C15H19ClFNO. The van der Waals surface area contributed by atoms with Crippen LogP contribution in [-0.2, 0) is 0 Å². The highest BCUT2D eigenvalue weighted by atomic mass is 35.5. The summed E-state index contributed by atoms with van der Waals surface area (Å²) in [5.74, 6) is 0.608. The number of nitrogens with one attached hydrogen (secondary N) is 1. The molecule has 4 heteroatoms. The van der Waals surface area contributed by atoms with Gasteiger partial charge >= 0.3 is 0 Å². The second-order valence-electron chi connectivity index (χ2n) is 5.56. The average Bonchev–Trinajstić information content (AvgIpc) is 2.42. The van der Waals surface area contributed by atoms with Crippen molar-refractivity contribution in [1.82, 2.24) is 5.32 Å². The van der Waals surface area contributed by atoms with Crippen molar-refractivity contribution in [3.8, 4) is 0 Å². The van der Waals surface area contributed by atoms with Crippen molar-refractivity contribution >= 4 is 17.5 Å². The Labute approximate surface area is 118 Å². The van der Waals surface area contributed by atoms with Crippen LogP contribution in [0.5, 0.6) is 0 Å². The smallest absolute Gasteiger partial charge is 0.251 e. The lowest BCUT2D eigenvalue weighted by atomic mass is 9.78. The van der Waals surface area contributed by atoms with Gasteiger partial charge in [-0.25, -0.2) is 4.39 Å². The Morgan fingerprint density at radius 2 is 1.95 bits per heavy atom. The van der Waals surface area contributed by atoms with Gasteiger partial charge in [-0.15, -0.1) is 11.6 Å². The van der Waals surface area contributed by atoms with E-state index in [1.165, 1.54) is 24.3 Å². The molecule has 104 valence electrons. The molecule has 19 heavy (non-hydrogen) atoms. The molecule has 1 fully saturated rings. The van der Waals surface area contributed by atoms with Gasteiger partial charge in [0.15, 0.2) is 0 Å². The molecule has 1 saturated carbocycles. The third-order valence-electron chi connectivity index (χ3n) is 3.97. The molecule has 2 nitrogen and oxygen atoms in total. The van der Waals surface area contributed by atoms with Crippen molar-refractivity contribution in [2.75, 3.05) is 5.88 Å². The highest BCUT2D eigenvalue weighted by Crippen LogP contribution is 2.33. The zero-order valence-corrected chi connectivity index (χ0v) is 11.8. The fourth-order valence-electron chi connectivity index (χ4n) is 2.52. The molecule has 0 atom stereocenters. The molecule has 0 radical (unpaired) electrons.